The molecule has 0 aromatic heterocycles. The SMILES string of the molecule is CCOC(=O)Oc1ccc(C(=O)NCCNC(=O)c2cc(Cl)ccc2OC)cc1. The second kappa shape index (κ2) is 10.9. The molecule has 2 aromatic rings. The topological polar surface area (TPSA) is 103 Å². The van der Waals surface area contributed by atoms with Crippen molar-refractivity contribution in [2.45, 2.75) is 6.92 Å². The zero-order valence-electron chi connectivity index (χ0n) is 16.0. The Balaban J connectivity index is 1.80. The van der Waals surface area contributed by atoms with Crippen molar-refractivity contribution in [1.82, 2.24) is 10.6 Å². The molecular formula is C20H21ClN2O6. The van der Waals surface area contributed by atoms with E-state index >= 15 is 0 Å². The number of halogens is 1. The van der Waals surface area contributed by atoms with Gasteiger partial charge in [-0.05, 0) is 49.4 Å². The van der Waals surface area contributed by atoms with Crippen LogP contribution >= 0.6 is 11.6 Å². The number of methoxy groups -OCH3 is 1. The second-order valence-corrected chi connectivity index (χ2v) is 6.10. The van der Waals surface area contributed by atoms with Gasteiger partial charge in [0, 0.05) is 23.7 Å². The summed E-state index contributed by atoms with van der Waals surface area (Å²) >= 11 is 5.92. The number of ether oxygens (including phenoxy) is 3. The van der Waals surface area contributed by atoms with E-state index in [9.17, 15) is 14.4 Å². The van der Waals surface area contributed by atoms with Gasteiger partial charge in [0.05, 0.1) is 19.3 Å². The van der Waals surface area contributed by atoms with E-state index in [1.54, 1.807) is 19.1 Å². The van der Waals surface area contributed by atoms with Crippen molar-refractivity contribution in [1.29, 1.82) is 0 Å². The molecule has 0 aliphatic carbocycles. The summed E-state index contributed by atoms with van der Waals surface area (Å²) in [4.78, 5) is 35.6. The lowest BCUT2D eigenvalue weighted by Gasteiger charge is -2.10. The van der Waals surface area contributed by atoms with Crippen LogP contribution in [0.4, 0.5) is 4.79 Å². The van der Waals surface area contributed by atoms with Crippen LogP contribution in [0.5, 0.6) is 11.5 Å². The van der Waals surface area contributed by atoms with Crippen LogP contribution in [0.15, 0.2) is 42.5 Å². The van der Waals surface area contributed by atoms with Crippen LogP contribution < -0.4 is 20.1 Å². The van der Waals surface area contributed by atoms with Crippen molar-refractivity contribution in [3.8, 4) is 11.5 Å². The summed E-state index contributed by atoms with van der Waals surface area (Å²) in [5, 5.41) is 5.79. The molecule has 0 saturated carbocycles. The van der Waals surface area contributed by atoms with Crippen LogP contribution in [0.1, 0.15) is 27.6 Å². The highest BCUT2D eigenvalue weighted by atomic mass is 35.5. The minimum absolute atomic E-state index is 0.208. The molecule has 0 fully saturated rings. The van der Waals surface area contributed by atoms with Crippen LogP contribution in [-0.4, -0.2) is 44.8 Å². The third kappa shape index (κ3) is 6.69. The van der Waals surface area contributed by atoms with Crippen LogP contribution in [0.2, 0.25) is 5.02 Å². The van der Waals surface area contributed by atoms with Gasteiger partial charge in [0.15, 0.2) is 0 Å². The van der Waals surface area contributed by atoms with Gasteiger partial charge >= 0.3 is 6.16 Å². The fourth-order valence-electron chi connectivity index (χ4n) is 2.32. The quantitative estimate of drug-likeness (QED) is 0.386. The molecule has 0 atom stereocenters. The molecule has 29 heavy (non-hydrogen) atoms. The number of nitrogens with one attached hydrogen (secondary N) is 2. The molecule has 2 aromatic carbocycles. The lowest BCUT2D eigenvalue weighted by atomic mass is 10.2. The van der Waals surface area contributed by atoms with Crippen LogP contribution in [-0.2, 0) is 4.74 Å². The maximum atomic E-state index is 12.2. The van der Waals surface area contributed by atoms with Crippen molar-refractivity contribution in [3.05, 3.63) is 58.6 Å². The van der Waals surface area contributed by atoms with Crippen molar-refractivity contribution < 1.29 is 28.6 Å². The van der Waals surface area contributed by atoms with E-state index in [4.69, 9.17) is 21.1 Å². The summed E-state index contributed by atoms with van der Waals surface area (Å²) in [7, 11) is 1.46. The lowest BCUT2D eigenvalue weighted by molar-refractivity contribution is 0.0925. The van der Waals surface area contributed by atoms with Gasteiger partial charge < -0.3 is 24.8 Å². The fourth-order valence-corrected chi connectivity index (χ4v) is 2.50. The summed E-state index contributed by atoms with van der Waals surface area (Å²) in [6.45, 7) is 2.31. The molecule has 2 rings (SSSR count). The standard InChI is InChI=1S/C20H21ClN2O6/c1-3-28-20(26)29-15-7-4-13(5-8-15)18(24)22-10-11-23-19(25)16-12-14(21)6-9-17(16)27-2/h4-9,12H,3,10-11H2,1-2H3,(H,22,24)(H,23,25). The molecule has 154 valence electrons. The molecule has 8 nitrogen and oxygen atoms in total. The molecule has 0 aliphatic rings. The van der Waals surface area contributed by atoms with Crippen molar-refractivity contribution in [3.63, 3.8) is 0 Å². The second-order valence-electron chi connectivity index (χ2n) is 5.67. The van der Waals surface area contributed by atoms with Gasteiger partial charge in [-0.2, -0.15) is 0 Å². The van der Waals surface area contributed by atoms with Gasteiger partial charge in [0.1, 0.15) is 11.5 Å². The van der Waals surface area contributed by atoms with E-state index in [2.05, 4.69) is 15.4 Å². The first-order valence-corrected chi connectivity index (χ1v) is 9.17. The molecule has 0 bridgehead atoms. The Kier molecular flexibility index (Phi) is 8.29. The highest BCUT2D eigenvalue weighted by Crippen LogP contribution is 2.22. The Hall–Kier alpha value is -3.26. The molecule has 0 spiro atoms. The Bertz CT molecular complexity index is 870. The minimum Gasteiger partial charge on any atom is -0.496 e. The van der Waals surface area contributed by atoms with Gasteiger partial charge in [-0.1, -0.05) is 11.6 Å². The highest BCUT2D eigenvalue weighted by molar-refractivity contribution is 6.31. The minimum atomic E-state index is -0.809. The first kappa shape index (κ1) is 22.0. The monoisotopic (exact) mass is 420 g/mol. The lowest BCUT2D eigenvalue weighted by Crippen LogP contribution is -2.34. The Morgan fingerprint density at radius 2 is 1.62 bits per heavy atom. The van der Waals surface area contributed by atoms with Crippen LogP contribution in [0.3, 0.4) is 0 Å². The first-order valence-electron chi connectivity index (χ1n) is 8.79. The summed E-state index contributed by atoms with van der Waals surface area (Å²) < 4.78 is 14.7. The van der Waals surface area contributed by atoms with Crippen molar-refractivity contribution in [2.24, 2.45) is 0 Å². The van der Waals surface area contributed by atoms with E-state index in [0.29, 0.717) is 21.9 Å². The number of rotatable bonds is 8. The number of hydrogen-bond donors (Lipinski definition) is 2. The van der Waals surface area contributed by atoms with Crippen LogP contribution in [0.25, 0.3) is 0 Å². The van der Waals surface area contributed by atoms with Gasteiger partial charge in [0.2, 0.25) is 0 Å². The molecule has 9 heteroatoms. The Morgan fingerprint density at radius 3 is 2.24 bits per heavy atom. The van der Waals surface area contributed by atoms with E-state index in [1.807, 2.05) is 0 Å². The Morgan fingerprint density at radius 1 is 0.966 bits per heavy atom. The molecule has 0 heterocycles. The normalized spacial score (nSPS) is 10.0. The molecule has 0 radical (unpaired) electrons. The summed E-state index contributed by atoms with van der Waals surface area (Å²) in [5.41, 5.74) is 0.688. The summed E-state index contributed by atoms with van der Waals surface area (Å²) in [6.07, 6.45) is -0.809. The first-order chi connectivity index (χ1) is 13.9. The smallest absolute Gasteiger partial charge is 0.496 e. The van der Waals surface area contributed by atoms with E-state index in [0.717, 1.165) is 0 Å². The largest absolute Gasteiger partial charge is 0.513 e. The number of carbonyl (C=O) groups is 3. The summed E-state index contributed by atoms with van der Waals surface area (Å²) in [5.74, 6) is -0.0230. The van der Waals surface area contributed by atoms with Gasteiger partial charge in [-0.3, -0.25) is 9.59 Å². The molecule has 0 aliphatic heterocycles. The van der Waals surface area contributed by atoms with Crippen LogP contribution in [0, 0.1) is 0 Å². The van der Waals surface area contributed by atoms with Crippen molar-refractivity contribution in [2.75, 3.05) is 26.8 Å². The van der Waals surface area contributed by atoms with E-state index in [-0.39, 0.29) is 37.3 Å². The van der Waals surface area contributed by atoms with Gasteiger partial charge in [-0.15, -0.1) is 0 Å². The van der Waals surface area contributed by atoms with E-state index in [1.165, 1.54) is 37.4 Å². The molecule has 2 amide bonds. The molecule has 0 saturated heterocycles. The molecule has 0 unspecified atom stereocenters. The zero-order chi connectivity index (χ0) is 21.2. The maximum Gasteiger partial charge on any atom is 0.513 e. The predicted octanol–water partition coefficient (Wildman–Crippen LogP) is 3.04. The molecular weight excluding hydrogens is 400 g/mol. The van der Waals surface area contributed by atoms with Gasteiger partial charge in [-0.25, -0.2) is 4.79 Å². The fraction of sp³-hybridized carbons (Fsp3) is 0.250. The number of carbonyl (C=O) groups excluding carboxylic acids is 3. The Labute approximate surface area is 173 Å². The maximum absolute atomic E-state index is 12.2. The zero-order valence-corrected chi connectivity index (χ0v) is 16.7. The van der Waals surface area contributed by atoms with E-state index < -0.39 is 6.16 Å². The third-order valence-electron chi connectivity index (χ3n) is 3.68. The number of hydrogen-bond acceptors (Lipinski definition) is 6. The average Bonchev–Trinajstić information content (AvgIpc) is 2.71. The molecule has 2 N–H and O–H groups in total. The highest BCUT2D eigenvalue weighted by Gasteiger charge is 2.13. The van der Waals surface area contributed by atoms with Gasteiger partial charge in [0.25, 0.3) is 11.8 Å². The average molecular weight is 421 g/mol. The van der Waals surface area contributed by atoms with Crippen molar-refractivity contribution >= 4 is 29.6 Å². The third-order valence-corrected chi connectivity index (χ3v) is 3.92. The predicted molar refractivity (Wildman–Crippen MR) is 107 cm³/mol. The summed E-state index contributed by atoms with van der Waals surface area (Å²) in [6, 6.07) is 10.7. The number of benzene rings is 2. The number of amides is 2.